The highest BCUT2D eigenvalue weighted by atomic mass is 35.5. The number of nitriles is 1. The van der Waals surface area contributed by atoms with Gasteiger partial charge in [-0.1, -0.05) is 0 Å². The van der Waals surface area contributed by atoms with Crippen molar-refractivity contribution in [2.45, 2.75) is 0 Å². The van der Waals surface area contributed by atoms with Gasteiger partial charge in [0.25, 0.3) is 0 Å². The lowest BCUT2D eigenvalue weighted by Crippen LogP contribution is -1.97. The number of hydrogen-bond donors (Lipinski definition) is 0. The van der Waals surface area contributed by atoms with Gasteiger partial charge < -0.3 is 4.74 Å². The van der Waals surface area contributed by atoms with Crippen molar-refractivity contribution in [2.75, 3.05) is 12.5 Å². The maximum absolute atomic E-state index is 8.54. The summed E-state index contributed by atoms with van der Waals surface area (Å²) in [5.74, 6) is 1.08. The highest BCUT2D eigenvalue weighted by molar-refractivity contribution is 6.17. The molecule has 0 aliphatic carbocycles. The van der Waals surface area contributed by atoms with Crippen molar-refractivity contribution in [3.63, 3.8) is 0 Å². The van der Waals surface area contributed by atoms with Crippen molar-refractivity contribution in [3.8, 4) is 11.8 Å². The average Bonchev–Trinajstić information content (AvgIpc) is 2.15. The van der Waals surface area contributed by atoms with Crippen LogP contribution in [0.4, 0.5) is 0 Å². The number of benzene rings is 1. The average molecular weight is 181 g/mol. The van der Waals surface area contributed by atoms with E-state index in [1.807, 2.05) is 6.07 Å². The van der Waals surface area contributed by atoms with Crippen molar-refractivity contribution in [3.05, 3.63) is 29.8 Å². The van der Waals surface area contributed by atoms with E-state index < -0.39 is 0 Å². The number of hydrogen-bond acceptors (Lipinski definition) is 2. The molecule has 0 bridgehead atoms. The lowest BCUT2D eigenvalue weighted by molar-refractivity contribution is 0.342. The van der Waals surface area contributed by atoms with Crippen LogP contribution in [0, 0.1) is 17.4 Å². The molecule has 0 atom stereocenters. The van der Waals surface area contributed by atoms with Crippen LogP contribution in [0.2, 0.25) is 0 Å². The van der Waals surface area contributed by atoms with E-state index >= 15 is 0 Å². The second kappa shape index (κ2) is 4.63. The second-order valence-corrected chi connectivity index (χ2v) is 2.48. The van der Waals surface area contributed by atoms with Crippen molar-refractivity contribution >= 4 is 11.6 Å². The summed E-state index contributed by atoms with van der Waals surface area (Å²) in [5.41, 5.74) is 0.544. The largest absolute Gasteiger partial charge is 0.492 e. The van der Waals surface area contributed by atoms with Gasteiger partial charge in [-0.05, 0) is 24.3 Å². The molecule has 3 heteroatoms. The molecule has 0 aliphatic rings. The number of halogens is 1. The van der Waals surface area contributed by atoms with Crippen molar-refractivity contribution < 1.29 is 4.74 Å². The molecule has 0 aromatic heterocycles. The van der Waals surface area contributed by atoms with Crippen molar-refractivity contribution in [1.29, 1.82) is 5.26 Å². The summed E-state index contributed by atoms with van der Waals surface area (Å²) in [5, 5.41) is 8.54. The molecular formula is C9H7ClNO. The van der Waals surface area contributed by atoms with Crippen LogP contribution in [0.3, 0.4) is 0 Å². The molecule has 0 saturated carbocycles. The topological polar surface area (TPSA) is 33.0 Å². The summed E-state index contributed by atoms with van der Waals surface area (Å²) in [4.78, 5) is 0. The molecule has 0 N–H and O–H groups in total. The molecule has 0 aliphatic heterocycles. The zero-order valence-corrected chi connectivity index (χ0v) is 7.14. The van der Waals surface area contributed by atoms with E-state index in [1.165, 1.54) is 0 Å². The minimum atomic E-state index is 0.441. The number of nitrogens with zero attached hydrogens (tertiary/aromatic N) is 1. The van der Waals surface area contributed by atoms with Gasteiger partial charge in [-0.15, -0.1) is 11.6 Å². The lowest BCUT2D eigenvalue weighted by Gasteiger charge is -2.02. The number of alkyl halides is 1. The van der Waals surface area contributed by atoms with Crippen LogP contribution in [0.25, 0.3) is 0 Å². The lowest BCUT2D eigenvalue weighted by atomic mass is 10.2. The third-order valence-electron chi connectivity index (χ3n) is 1.24. The van der Waals surface area contributed by atoms with Gasteiger partial charge in [0.05, 0.1) is 17.5 Å². The highest BCUT2D eigenvalue weighted by Gasteiger charge is 1.94. The van der Waals surface area contributed by atoms with E-state index in [0.717, 1.165) is 0 Å². The summed E-state index contributed by atoms with van der Waals surface area (Å²) in [6.45, 7) is 0.449. The molecule has 1 aromatic carbocycles. The van der Waals surface area contributed by atoms with E-state index in [2.05, 4.69) is 6.07 Å². The smallest absolute Gasteiger partial charge is 0.121 e. The van der Waals surface area contributed by atoms with Gasteiger partial charge >= 0.3 is 0 Å². The summed E-state index contributed by atoms with van der Waals surface area (Å²) in [6.07, 6.45) is 0. The first kappa shape index (κ1) is 8.89. The highest BCUT2D eigenvalue weighted by Crippen LogP contribution is 2.11. The first-order valence-corrected chi connectivity index (χ1v) is 4.00. The Hall–Kier alpha value is -1.20. The van der Waals surface area contributed by atoms with E-state index in [-0.39, 0.29) is 0 Å². The van der Waals surface area contributed by atoms with Gasteiger partial charge in [-0.25, -0.2) is 0 Å². The number of ether oxygens (including phenoxy) is 1. The summed E-state index contributed by atoms with van der Waals surface area (Å²) >= 11 is 5.42. The third-order valence-corrected chi connectivity index (χ3v) is 1.39. The fourth-order valence-electron chi connectivity index (χ4n) is 0.754. The Labute approximate surface area is 76.3 Å². The molecule has 0 amide bonds. The SMILES string of the molecule is N#Cc1c[c]cc(OCCCl)c1. The van der Waals surface area contributed by atoms with Crippen molar-refractivity contribution in [1.82, 2.24) is 0 Å². The molecule has 2 nitrogen and oxygen atoms in total. The molecule has 0 unspecified atom stereocenters. The standard InChI is InChI=1S/C9H7ClNO/c10-4-5-12-9-3-1-2-8(6-9)7-11/h2-3,6H,4-5H2. The second-order valence-electron chi connectivity index (χ2n) is 2.11. The van der Waals surface area contributed by atoms with E-state index in [9.17, 15) is 0 Å². The maximum atomic E-state index is 8.54. The minimum absolute atomic E-state index is 0.441. The van der Waals surface area contributed by atoms with Gasteiger partial charge in [0.1, 0.15) is 12.4 Å². The summed E-state index contributed by atoms with van der Waals surface area (Å²) in [6, 6.07) is 9.73. The van der Waals surface area contributed by atoms with Crippen LogP contribution in [-0.2, 0) is 0 Å². The molecule has 0 saturated heterocycles. The minimum Gasteiger partial charge on any atom is -0.492 e. The van der Waals surface area contributed by atoms with Gasteiger partial charge in [0.2, 0.25) is 0 Å². The zero-order valence-electron chi connectivity index (χ0n) is 6.38. The molecule has 61 valence electrons. The van der Waals surface area contributed by atoms with E-state index in [4.69, 9.17) is 21.6 Å². The van der Waals surface area contributed by atoms with E-state index in [1.54, 1.807) is 18.2 Å². The first-order valence-electron chi connectivity index (χ1n) is 3.47. The van der Waals surface area contributed by atoms with Crippen LogP contribution >= 0.6 is 11.6 Å². The van der Waals surface area contributed by atoms with Gasteiger partial charge in [0, 0.05) is 0 Å². The molecule has 1 radical (unpaired) electrons. The van der Waals surface area contributed by atoms with Crippen LogP contribution in [-0.4, -0.2) is 12.5 Å². The normalized spacial score (nSPS) is 9.00. The number of rotatable bonds is 3. The van der Waals surface area contributed by atoms with Crippen LogP contribution in [0.1, 0.15) is 5.56 Å². The fourth-order valence-corrected chi connectivity index (χ4v) is 0.832. The van der Waals surface area contributed by atoms with Gasteiger partial charge in [-0.2, -0.15) is 5.26 Å². The van der Waals surface area contributed by atoms with Crippen LogP contribution in [0.5, 0.6) is 5.75 Å². The monoisotopic (exact) mass is 180 g/mol. The Balaban J connectivity index is 2.68. The molecule has 1 aromatic rings. The zero-order chi connectivity index (χ0) is 8.81. The Morgan fingerprint density at radius 1 is 1.58 bits per heavy atom. The molecular weight excluding hydrogens is 174 g/mol. The Morgan fingerprint density at radius 3 is 3.08 bits per heavy atom. The Morgan fingerprint density at radius 2 is 2.42 bits per heavy atom. The van der Waals surface area contributed by atoms with Crippen LogP contribution < -0.4 is 4.74 Å². The fraction of sp³-hybridized carbons (Fsp3) is 0.222. The maximum Gasteiger partial charge on any atom is 0.121 e. The molecule has 12 heavy (non-hydrogen) atoms. The van der Waals surface area contributed by atoms with Gasteiger partial charge in [0.15, 0.2) is 0 Å². The van der Waals surface area contributed by atoms with E-state index in [0.29, 0.717) is 23.8 Å². The first-order chi connectivity index (χ1) is 5.86. The summed E-state index contributed by atoms with van der Waals surface area (Å²) < 4.78 is 5.18. The predicted octanol–water partition coefficient (Wildman–Crippen LogP) is 1.98. The third kappa shape index (κ3) is 2.44. The quantitative estimate of drug-likeness (QED) is 0.667. The van der Waals surface area contributed by atoms with Gasteiger partial charge in [-0.3, -0.25) is 0 Å². The molecule has 1 rings (SSSR count). The summed E-state index contributed by atoms with van der Waals surface area (Å²) in [7, 11) is 0. The predicted molar refractivity (Wildman–Crippen MR) is 46.2 cm³/mol. The van der Waals surface area contributed by atoms with Crippen molar-refractivity contribution in [2.24, 2.45) is 0 Å². The molecule has 0 fully saturated rings. The van der Waals surface area contributed by atoms with Crippen LogP contribution in [0.15, 0.2) is 18.2 Å². The Kier molecular flexibility index (Phi) is 3.43. The Bertz CT molecular complexity index is 293. The molecule has 0 heterocycles. The molecule has 0 spiro atoms.